The number of ether oxygens (including phenoxy) is 1. The predicted molar refractivity (Wildman–Crippen MR) is 77.1 cm³/mol. The van der Waals surface area contributed by atoms with Crippen LogP contribution >= 0.6 is 0 Å². The monoisotopic (exact) mass is 250 g/mol. The number of nitrogens with zero attached hydrogens (tertiary/aromatic N) is 1. The minimum Gasteiger partial charge on any atom is -0.497 e. The second kappa shape index (κ2) is 8.95. The highest BCUT2D eigenvalue weighted by molar-refractivity contribution is 5.28. The first-order valence-electron chi connectivity index (χ1n) is 6.86. The molecule has 18 heavy (non-hydrogen) atoms. The summed E-state index contributed by atoms with van der Waals surface area (Å²) in [6.07, 6.45) is 1.23. The molecule has 0 heterocycles. The normalized spacial score (nSPS) is 10.9. The molecule has 1 N–H and O–H groups in total. The van der Waals surface area contributed by atoms with Gasteiger partial charge in [0.25, 0.3) is 0 Å². The summed E-state index contributed by atoms with van der Waals surface area (Å²) in [5, 5.41) is 3.48. The summed E-state index contributed by atoms with van der Waals surface area (Å²) in [5.74, 6) is 0.926. The Bertz CT molecular complexity index is 328. The van der Waals surface area contributed by atoms with Gasteiger partial charge in [-0.25, -0.2) is 0 Å². The molecule has 0 atom stereocenters. The van der Waals surface area contributed by atoms with Crippen LogP contribution in [-0.4, -0.2) is 38.2 Å². The number of rotatable bonds is 9. The lowest BCUT2D eigenvalue weighted by molar-refractivity contribution is 0.287. The van der Waals surface area contributed by atoms with Crippen LogP contribution < -0.4 is 10.1 Å². The number of nitrogens with one attached hydrogen (secondary N) is 1. The maximum atomic E-state index is 5.21. The summed E-state index contributed by atoms with van der Waals surface area (Å²) in [7, 11) is 1.70. The molecule has 0 aromatic heterocycles. The predicted octanol–water partition coefficient (Wildman–Crippen LogP) is 2.52. The Hall–Kier alpha value is -1.06. The fourth-order valence-corrected chi connectivity index (χ4v) is 2.00. The molecule has 3 nitrogen and oxygen atoms in total. The molecule has 1 aromatic carbocycles. The lowest BCUT2D eigenvalue weighted by Gasteiger charge is -2.19. The van der Waals surface area contributed by atoms with E-state index in [4.69, 9.17) is 4.74 Å². The molecule has 0 spiro atoms. The Morgan fingerprint density at radius 1 is 1.22 bits per heavy atom. The van der Waals surface area contributed by atoms with Crippen molar-refractivity contribution < 1.29 is 4.74 Å². The highest BCUT2D eigenvalue weighted by atomic mass is 16.5. The van der Waals surface area contributed by atoms with Gasteiger partial charge in [0.1, 0.15) is 5.75 Å². The van der Waals surface area contributed by atoms with Crippen LogP contribution in [0.5, 0.6) is 5.75 Å². The molecule has 0 saturated carbocycles. The number of hydrogen-bond donors (Lipinski definition) is 1. The summed E-state index contributed by atoms with van der Waals surface area (Å²) in [5.41, 5.74) is 1.27. The van der Waals surface area contributed by atoms with Crippen molar-refractivity contribution in [2.24, 2.45) is 0 Å². The maximum Gasteiger partial charge on any atom is 0.119 e. The van der Waals surface area contributed by atoms with E-state index in [1.807, 2.05) is 12.1 Å². The summed E-state index contributed by atoms with van der Waals surface area (Å²) in [4.78, 5) is 2.47. The van der Waals surface area contributed by atoms with Crippen LogP contribution in [0.25, 0.3) is 0 Å². The molecule has 0 aliphatic heterocycles. The number of benzene rings is 1. The van der Waals surface area contributed by atoms with Gasteiger partial charge < -0.3 is 15.0 Å². The molecule has 0 bridgehead atoms. The molecular weight excluding hydrogens is 224 g/mol. The molecule has 1 rings (SSSR count). The molecular formula is C15H26N2O. The van der Waals surface area contributed by atoms with E-state index < -0.39 is 0 Å². The van der Waals surface area contributed by atoms with Crippen LogP contribution in [-0.2, 0) is 6.54 Å². The van der Waals surface area contributed by atoms with Crippen molar-refractivity contribution in [1.29, 1.82) is 0 Å². The highest BCUT2D eigenvalue weighted by Gasteiger charge is 2.00. The smallest absolute Gasteiger partial charge is 0.119 e. The third-order valence-corrected chi connectivity index (χ3v) is 3.06. The van der Waals surface area contributed by atoms with E-state index >= 15 is 0 Å². The van der Waals surface area contributed by atoms with Crippen molar-refractivity contribution in [2.45, 2.75) is 26.8 Å². The van der Waals surface area contributed by atoms with Crippen molar-refractivity contribution >= 4 is 0 Å². The quantitative estimate of drug-likeness (QED) is 0.682. The molecule has 0 aliphatic carbocycles. The molecule has 0 saturated heterocycles. The van der Waals surface area contributed by atoms with Gasteiger partial charge in [0.05, 0.1) is 7.11 Å². The summed E-state index contributed by atoms with van der Waals surface area (Å²) < 4.78 is 5.21. The third kappa shape index (κ3) is 5.52. The van der Waals surface area contributed by atoms with Crippen LogP contribution in [0.4, 0.5) is 0 Å². The second-order valence-electron chi connectivity index (χ2n) is 4.46. The lowest BCUT2D eigenvalue weighted by atomic mass is 10.2. The Morgan fingerprint density at radius 3 is 2.72 bits per heavy atom. The molecule has 1 aromatic rings. The van der Waals surface area contributed by atoms with Gasteiger partial charge in [-0.15, -0.1) is 0 Å². The van der Waals surface area contributed by atoms with Gasteiger partial charge in [-0.1, -0.05) is 26.0 Å². The summed E-state index contributed by atoms with van der Waals surface area (Å²) in [6.45, 7) is 9.83. The molecule has 0 unspecified atom stereocenters. The van der Waals surface area contributed by atoms with Crippen LogP contribution in [0, 0.1) is 0 Å². The van der Waals surface area contributed by atoms with E-state index in [0.717, 1.165) is 31.9 Å². The van der Waals surface area contributed by atoms with Crippen LogP contribution in [0.15, 0.2) is 24.3 Å². The summed E-state index contributed by atoms with van der Waals surface area (Å²) in [6, 6.07) is 8.21. The first kappa shape index (κ1) is 15.0. The Morgan fingerprint density at radius 2 is 2.06 bits per heavy atom. The van der Waals surface area contributed by atoms with Crippen LogP contribution in [0.1, 0.15) is 25.8 Å². The Labute approximate surface area is 111 Å². The summed E-state index contributed by atoms with van der Waals surface area (Å²) >= 11 is 0. The number of hydrogen-bond acceptors (Lipinski definition) is 3. The molecule has 0 radical (unpaired) electrons. The third-order valence-electron chi connectivity index (χ3n) is 3.06. The van der Waals surface area contributed by atoms with Gasteiger partial charge in [-0.3, -0.25) is 0 Å². The fraction of sp³-hybridized carbons (Fsp3) is 0.600. The number of methoxy groups -OCH3 is 1. The number of likely N-dealkylation sites (N-methyl/N-ethyl adjacent to an activating group) is 1. The van der Waals surface area contributed by atoms with E-state index in [1.54, 1.807) is 7.11 Å². The minimum atomic E-state index is 0.904. The zero-order valence-electron chi connectivity index (χ0n) is 11.9. The maximum absolute atomic E-state index is 5.21. The SMILES string of the molecule is CCCN(CC)CCNCc1cccc(OC)c1. The van der Waals surface area contributed by atoms with Crippen molar-refractivity contribution in [3.05, 3.63) is 29.8 Å². The van der Waals surface area contributed by atoms with Gasteiger partial charge in [0.2, 0.25) is 0 Å². The molecule has 3 heteroatoms. The van der Waals surface area contributed by atoms with Gasteiger partial charge in [0.15, 0.2) is 0 Å². The van der Waals surface area contributed by atoms with E-state index in [-0.39, 0.29) is 0 Å². The first-order chi connectivity index (χ1) is 8.80. The van der Waals surface area contributed by atoms with Crippen LogP contribution in [0.2, 0.25) is 0 Å². The Kier molecular flexibility index (Phi) is 7.46. The zero-order valence-corrected chi connectivity index (χ0v) is 11.9. The Balaban J connectivity index is 2.24. The van der Waals surface area contributed by atoms with Gasteiger partial charge >= 0.3 is 0 Å². The van der Waals surface area contributed by atoms with Crippen LogP contribution in [0.3, 0.4) is 0 Å². The first-order valence-corrected chi connectivity index (χ1v) is 6.86. The second-order valence-corrected chi connectivity index (χ2v) is 4.46. The van der Waals surface area contributed by atoms with E-state index in [9.17, 15) is 0 Å². The molecule has 0 amide bonds. The lowest BCUT2D eigenvalue weighted by Crippen LogP contribution is -2.32. The average molecular weight is 250 g/mol. The minimum absolute atomic E-state index is 0.904. The van der Waals surface area contributed by atoms with E-state index in [2.05, 4.69) is 36.2 Å². The largest absolute Gasteiger partial charge is 0.497 e. The van der Waals surface area contributed by atoms with Gasteiger partial charge in [-0.2, -0.15) is 0 Å². The topological polar surface area (TPSA) is 24.5 Å². The molecule has 102 valence electrons. The van der Waals surface area contributed by atoms with Crippen molar-refractivity contribution in [1.82, 2.24) is 10.2 Å². The van der Waals surface area contributed by atoms with E-state index in [1.165, 1.54) is 18.5 Å². The molecule has 0 fully saturated rings. The highest BCUT2D eigenvalue weighted by Crippen LogP contribution is 2.11. The van der Waals surface area contributed by atoms with Crippen molar-refractivity contribution in [3.63, 3.8) is 0 Å². The average Bonchev–Trinajstić information content (AvgIpc) is 2.42. The van der Waals surface area contributed by atoms with Crippen molar-refractivity contribution in [2.75, 3.05) is 33.3 Å². The zero-order chi connectivity index (χ0) is 13.2. The standard InChI is InChI=1S/C15H26N2O/c1-4-10-17(5-2)11-9-16-13-14-7-6-8-15(12-14)18-3/h6-8,12,16H,4-5,9-11,13H2,1-3H3. The van der Waals surface area contributed by atoms with Gasteiger partial charge in [-0.05, 0) is 37.2 Å². The van der Waals surface area contributed by atoms with Crippen molar-refractivity contribution in [3.8, 4) is 5.75 Å². The van der Waals surface area contributed by atoms with Gasteiger partial charge in [0, 0.05) is 19.6 Å². The van der Waals surface area contributed by atoms with E-state index in [0.29, 0.717) is 0 Å². The fourth-order valence-electron chi connectivity index (χ4n) is 2.00. The molecule has 0 aliphatic rings.